The van der Waals surface area contributed by atoms with Crippen LogP contribution in [0.1, 0.15) is 43.2 Å². The minimum Gasteiger partial charge on any atom is -0.459 e. The molecule has 1 N–H and O–H groups in total. The molecule has 1 aromatic rings. The number of hydrogen-bond acceptors (Lipinski definition) is 5. The first kappa shape index (κ1) is 21.6. The van der Waals surface area contributed by atoms with E-state index in [0.29, 0.717) is 18.8 Å². The molecule has 0 spiro atoms. The Hall–Kier alpha value is -1.67. The zero-order valence-corrected chi connectivity index (χ0v) is 19.0. The second-order valence-electron chi connectivity index (χ2n) is 8.46. The molecule has 0 bridgehead atoms. The first-order chi connectivity index (χ1) is 14.7. The molecule has 0 atom stereocenters. The fourth-order valence-corrected chi connectivity index (χ4v) is 5.87. The van der Waals surface area contributed by atoms with E-state index in [4.69, 9.17) is 9.41 Å². The van der Waals surface area contributed by atoms with Crippen LogP contribution in [0.4, 0.5) is 0 Å². The maximum absolute atomic E-state index is 12.5. The van der Waals surface area contributed by atoms with Crippen molar-refractivity contribution in [1.82, 2.24) is 20.0 Å². The molecule has 1 aromatic heterocycles. The number of rotatable bonds is 5. The molecule has 3 aliphatic rings. The lowest BCUT2D eigenvalue weighted by Crippen LogP contribution is -2.55. The minimum absolute atomic E-state index is 0.0190. The van der Waals surface area contributed by atoms with Crippen molar-refractivity contribution >= 4 is 23.6 Å². The summed E-state index contributed by atoms with van der Waals surface area (Å²) in [4.78, 5) is 24.6. The molecule has 3 heterocycles. The van der Waals surface area contributed by atoms with E-state index in [1.54, 1.807) is 18.4 Å². The van der Waals surface area contributed by atoms with Gasteiger partial charge < -0.3 is 19.5 Å². The monoisotopic (exact) mass is 433 g/mol. The van der Waals surface area contributed by atoms with Crippen LogP contribution in [0.2, 0.25) is 0 Å². The number of amides is 1. The van der Waals surface area contributed by atoms with Crippen molar-refractivity contribution in [3.63, 3.8) is 0 Å². The Bertz CT molecular complexity index is 703. The number of carbonyl (C=O) groups excluding carboxylic acids is 1. The number of furan rings is 1. The van der Waals surface area contributed by atoms with Gasteiger partial charge in [0.2, 0.25) is 0 Å². The molecule has 2 aliphatic heterocycles. The van der Waals surface area contributed by atoms with Gasteiger partial charge in [0.05, 0.1) is 12.8 Å². The summed E-state index contributed by atoms with van der Waals surface area (Å²) < 4.78 is 5.28. The molecule has 3 fully saturated rings. The average Bonchev–Trinajstić information content (AvgIpc) is 3.50. The maximum Gasteiger partial charge on any atom is 0.289 e. The van der Waals surface area contributed by atoms with E-state index >= 15 is 0 Å². The summed E-state index contributed by atoms with van der Waals surface area (Å²) in [5, 5.41) is 3.50. The molecule has 1 amide bonds. The molecule has 1 saturated carbocycles. The third-order valence-corrected chi connectivity index (χ3v) is 7.62. The smallest absolute Gasteiger partial charge is 0.289 e. The highest BCUT2D eigenvalue weighted by Crippen LogP contribution is 2.37. The topological polar surface area (TPSA) is 64.3 Å². The third kappa shape index (κ3) is 4.80. The van der Waals surface area contributed by atoms with Gasteiger partial charge in [-0.05, 0) is 31.9 Å². The fourth-order valence-electron chi connectivity index (χ4n) is 4.97. The van der Waals surface area contributed by atoms with Gasteiger partial charge in [0, 0.05) is 62.9 Å². The SMILES string of the molecule is CCNC(=NCC1(N2CCSCC2)CCCC1)N1CCN(C(=O)c2ccco2)CC1. The van der Waals surface area contributed by atoms with Crippen LogP contribution < -0.4 is 5.32 Å². The number of nitrogens with zero attached hydrogens (tertiary/aromatic N) is 4. The van der Waals surface area contributed by atoms with Crippen molar-refractivity contribution in [2.24, 2.45) is 4.99 Å². The lowest BCUT2D eigenvalue weighted by atomic mass is 9.95. The molecule has 4 rings (SSSR count). The zero-order chi connectivity index (χ0) is 20.8. The van der Waals surface area contributed by atoms with Crippen LogP contribution in [0, 0.1) is 0 Å². The van der Waals surface area contributed by atoms with Crippen molar-refractivity contribution in [2.75, 3.05) is 63.9 Å². The van der Waals surface area contributed by atoms with Gasteiger partial charge in [-0.2, -0.15) is 11.8 Å². The molecule has 166 valence electrons. The quantitative estimate of drug-likeness (QED) is 0.568. The first-order valence-electron chi connectivity index (χ1n) is 11.4. The van der Waals surface area contributed by atoms with Crippen molar-refractivity contribution < 1.29 is 9.21 Å². The Balaban J connectivity index is 1.39. The van der Waals surface area contributed by atoms with Crippen LogP contribution in [-0.2, 0) is 0 Å². The predicted octanol–water partition coefficient (Wildman–Crippen LogP) is 2.36. The molecule has 7 nitrogen and oxygen atoms in total. The Morgan fingerprint density at radius 1 is 1.13 bits per heavy atom. The second-order valence-corrected chi connectivity index (χ2v) is 9.68. The minimum atomic E-state index is -0.0190. The Morgan fingerprint density at radius 2 is 1.83 bits per heavy atom. The fraction of sp³-hybridized carbons (Fsp3) is 0.727. The molecular weight excluding hydrogens is 398 g/mol. The van der Waals surface area contributed by atoms with Crippen LogP contribution in [0.25, 0.3) is 0 Å². The van der Waals surface area contributed by atoms with E-state index in [9.17, 15) is 4.79 Å². The van der Waals surface area contributed by atoms with Gasteiger partial charge in [-0.1, -0.05) is 12.8 Å². The van der Waals surface area contributed by atoms with Gasteiger partial charge in [0.1, 0.15) is 0 Å². The molecule has 30 heavy (non-hydrogen) atoms. The number of guanidine groups is 1. The highest BCUT2D eigenvalue weighted by molar-refractivity contribution is 7.99. The first-order valence-corrected chi connectivity index (χ1v) is 12.6. The number of nitrogens with one attached hydrogen (secondary N) is 1. The Morgan fingerprint density at radius 3 is 2.47 bits per heavy atom. The van der Waals surface area contributed by atoms with E-state index in [1.165, 1.54) is 50.3 Å². The van der Waals surface area contributed by atoms with Crippen molar-refractivity contribution in [2.45, 2.75) is 38.1 Å². The predicted molar refractivity (Wildman–Crippen MR) is 122 cm³/mol. The number of carbonyl (C=O) groups is 1. The standard InChI is InChI=1S/C22H35N5O2S/c1-2-23-21(24-18-22(7-3-4-8-22)27-13-16-30-17-14-27)26-11-9-25(10-12-26)20(28)19-6-5-15-29-19/h5-6,15H,2-4,7-14,16-18H2,1H3,(H,23,24). The third-order valence-electron chi connectivity index (χ3n) is 6.67. The van der Waals surface area contributed by atoms with Crippen LogP contribution in [0.15, 0.2) is 27.8 Å². The summed E-state index contributed by atoms with van der Waals surface area (Å²) in [7, 11) is 0. The number of hydrogen-bond donors (Lipinski definition) is 1. The summed E-state index contributed by atoms with van der Waals surface area (Å²) >= 11 is 2.08. The van der Waals surface area contributed by atoms with E-state index in [2.05, 4.69) is 33.8 Å². The second kappa shape index (κ2) is 10.1. The molecule has 0 aromatic carbocycles. The van der Waals surface area contributed by atoms with E-state index < -0.39 is 0 Å². The average molecular weight is 434 g/mol. The van der Waals surface area contributed by atoms with Crippen LogP contribution in [0.3, 0.4) is 0 Å². The maximum atomic E-state index is 12.5. The van der Waals surface area contributed by atoms with Gasteiger partial charge in [-0.15, -0.1) is 0 Å². The number of thioether (sulfide) groups is 1. The van der Waals surface area contributed by atoms with E-state index in [0.717, 1.165) is 32.1 Å². The van der Waals surface area contributed by atoms with Crippen molar-refractivity contribution in [1.29, 1.82) is 0 Å². The highest BCUT2D eigenvalue weighted by Gasteiger charge is 2.40. The summed E-state index contributed by atoms with van der Waals surface area (Å²) in [6.45, 7) is 9.24. The van der Waals surface area contributed by atoms with Crippen molar-refractivity contribution in [3.05, 3.63) is 24.2 Å². The molecular formula is C22H35N5O2S. The van der Waals surface area contributed by atoms with E-state index in [-0.39, 0.29) is 11.4 Å². The highest BCUT2D eigenvalue weighted by atomic mass is 32.2. The summed E-state index contributed by atoms with van der Waals surface area (Å²) in [6, 6.07) is 3.50. The Kier molecular flexibility index (Phi) is 7.25. The van der Waals surface area contributed by atoms with Crippen molar-refractivity contribution in [3.8, 4) is 0 Å². The normalized spacial score (nSPS) is 23.0. The van der Waals surface area contributed by atoms with Crippen LogP contribution in [0.5, 0.6) is 0 Å². The largest absolute Gasteiger partial charge is 0.459 e. The van der Waals surface area contributed by atoms with Crippen LogP contribution in [-0.4, -0.2) is 96.0 Å². The molecule has 1 aliphatic carbocycles. The van der Waals surface area contributed by atoms with Crippen LogP contribution >= 0.6 is 11.8 Å². The molecule has 0 radical (unpaired) electrons. The van der Waals surface area contributed by atoms with E-state index in [1.807, 2.05) is 4.90 Å². The summed E-state index contributed by atoms with van der Waals surface area (Å²) in [6.07, 6.45) is 6.74. The molecule has 2 saturated heterocycles. The number of aliphatic imine (C=N–C) groups is 1. The Labute approximate surface area is 184 Å². The summed E-state index contributed by atoms with van der Waals surface area (Å²) in [5.74, 6) is 3.90. The number of piperazine rings is 1. The lowest BCUT2D eigenvalue weighted by Gasteiger charge is -2.43. The van der Waals surface area contributed by atoms with Gasteiger partial charge in [0.15, 0.2) is 11.7 Å². The summed E-state index contributed by atoms with van der Waals surface area (Å²) in [5.41, 5.74) is 0.249. The van der Waals surface area contributed by atoms with Gasteiger partial charge >= 0.3 is 0 Å². The van der Waals surface area contributed by atoms with Gasteiger partial charge in [-0.3, -0.25) is 14.7 Å². The molecule has 8 heteroatoms. The molecule has 0 unspecified atom stereocenters. The van der Waals surface area contributed by atoms with Gasteiger partial charge in [-0.25, -0.2) is 0 Å². The zero-order valence-electron chi connectivity index (χ0n) is 18.1. The van der Waals surface area contributed by atoms with Gasteiger partial charge in [0.25, 0.3) is 5.91 Å². The lowest BCUT2D eigenvalue weighted by molar-refractivity contribution is 0.0657.